The predicted molar refractivity (Wildman–Crippen MR) is 114 cm³/mol. The number of hydrogen-bond acceptors (Lipinski definition) is 8. The highest BCUT2D eigenvalue weighted by Crippen LogP contribution is 2.42. The van der Waals surface area contributed by atoms with E-state index in [1.807, 2.05) is 37.3 Å². The summed E-state index contributed by atoms with van der Waals surface area (Å²) in [7, 11) is 1.19. The van der Waals surface area contributed by atoms with E-state index < -0.39 is 16.8 Å². The molecule has 0 fully saturated rings. The number of rotatable bonds is 6. The number of ether oxygens (including phenoxy) is 3. The maximum Gasteiger partial charge on any atom is 0.338 e. The highest BCUT2D eigenvalue weighted by Gasteiger charge is 2.37. The minimum atomic E-state index is -0.981. The van der Waals surface area contributed by atoms with E-state index in [9.17, 15) is 20.2 Å². The number of allylic oxidation sites excluding steroid dienone is 2. The van der Waals surface area contributed by atoms with Crippen LogP contribution in [0.3, 0.4) is 0 Å². The normalized spacial score (nSPS) is 15.6. The van der Waals surface area contributed by atoms with Crippen molar-refractivity contribution in [1.82, 2.24) is 0 Å². The molecule has 0 amide bonds. The summed E-state index contributed by atoms with van der Waals surface area (Å²) in [5.41, 5.74) is 7.80. The van der Waals surface area contributed by atoms with Gasteiger partial charge < -0.3 is 19.9 Å². The van der Waals surface area contributed by atoms with Gasteiger partial charge in [0, 0.05) is 6.07 Å². The zero-order valence-electron chi connectivity index (χ0n) is 17.7. The van der Waals surface area contributed by atoms with E-state index in [0.717, 1.165) is 11.1 Å². The second-order valence-electron chi connectivity index (χ2n) is 7.14. The number of nitrogens with zero attached hydrogens (tertiary/aromatic N) is 2. The van der Waals surface area contributed by atoms with Crippen LogP contribution in [0.1, 0.15) is 29.5 Å². The molecule has 9 heteroatoms. The molecule has 1 heterocycles. The van der Waals surface area contributed by atoms with Crippen LogP contribution in [0.4, 0.5) is 5.69 Å². The van der Waals surface area contributed by atoms with E-state index in [0.29, 0.717) is 5.56 Å². The molecule has 0 aliphatic carbocycles. The molecule has 0 aromatic heterocycles. The van der Waals surface area contributed by atoms with Gasteiger partial charge in [0.2, 0.25) is 5.88 Å². The van der Waals surface area contributed by atoms with E-state index in [2.05, 4.69) is 0 Å². The molecule has 1 atom stereocenters. The van der Waals surface area contributed by atoms with Crippen LogP contribution in [-0.4, -0.2) is 18.0 Å². The van der Waals surface area contributed by atoms with Crippen molar-refractivity contribution >= 4 is 11.7 Å². The van der Waals surface area contributed by atoms with Crippen molar-refractivity contribution in [1.29, 1.82) is 5.26 Å². The lowest BCUT2D eigenvalue weighted by Gasteiger charge is -2.26. The third-order valence-corrected chi connectivity index (χ3v) is 5.04. The molecule has 2 aromatic rings. The van der Waals surface area contributed by atoms with Gasteiger partial charge in [0.15, 0.2) is 5.75 Å². The van der Waals surface area contributed by atoms with Crippen LogP contribution in [0.25, 0.3) is 0 Å². The van der Waals surface area contributed by atoms with Crippen LogP contribution in [-0.2, 0) is 20.9 Å². The van der Waals surface area contributed by atoms with Gasteiger partial charge in [-0.15, -0.1) is 0 Å². The maximum absolute atomic E-state index is 12.4. The molecule has 0 saturated heterocycles. The average Bonchev–Trinajstić information content (AvgIpc) is 2.77. The molecule has 32 heavy (non-hydrogen) atoms. The first-order valence-electron chi connectivity index (χ1n) is 9.60. The Hall–Kier alpha value is -4.32. The van der Waals surface area contributed by atoms with E-state index in [1.165, 1.54) is 26.2 Å². The van der Waals surface area contributed by atoms with E-state index in [-0.39, 0.29) is 40.8 Å². The van der Waals surface area contributed by atoms with Crippen molar-refractivity contribution in [3.63, 3.8) is 0 Å². The first-order chi connectivity index (χ1) is 15.3. The van der Waals surface area contributed by atoms with Crippen molar-refractivity contribution in [3.8, 4) is 11.8 Å². The third-order valence-electron chi connectivity index (χ3n) is 5.04. The van der Waals surface area contributed by atoms with Gasteiger partial charge in [-0.05, 0) is 31.0 Å². The molecular weight excluding hydrogens is 414 g/mol. The van der Waals surface area contributed by atoms with Crippen molar-refractivity contribution < 1.29 is 23.9 Å². The smallest absolute Gasteiger partial charge is 0.338 e. The van der Waals surface area contributed by atoms with Crippen molar-refractivity contribution in [2.75, 3.05) is 7.11 Å². The molecule has 0 spiro atoms. The first-order valence-corrected chi connectivity index (χ1v) is 9.60. The van der Waals surface area contributed by atoms with Gasteiger partial charge in [-0.25, -0.2) is 4.79 Å². The molecule has 1 aliphatic rings. The highest BCUT2D eigenvalue weighted by molar-refractivity contribution is 5.92. The molecular formula is C23H21N3O6. The highest BCUT2D eigenvalue weighted by atomic mass is 16.6. The minimum absolute atomic E-state index is 0.0425. The fraction of sp³-hybridized carbons (Fsp3) is 0.217. The second kappa shape index (κ2) is 9.22. The van der Waals surface area contributed by atoms with Gasteiger partial charge >= 0.3 is 11.7 Å². The van der Waals surface area contributed by atoms with Crippen LogP contribution in [0, 0.1) is 28.4 Å². The fourth-order valence-corrected chi connectivity index (χ4v) is 3.41. The lowest BCUT2D eigenvalue weighted by Crippen LogP contribution is -2.25. The molecule has 0 radical (unpaired) electrons. The van der Waals surface area contributed by atoms with Crippen LogP contribution < -0.4 is 10.5 Å². The Balaban J connectivity index is 2.03. The number of esters is 1. The lowest BCUT2D eigenvalue weighted by atomic mass is 9.83. The topological polar surface area (TPSA) is 138 Å². The minimum Gasteiger partial charge on any atom is -0.482 e. The van der Waals surface area contributed by atoms with Gasteiger partial charge in [0.05, 0.1) is 23.5 Å². The van der Waals surface area contributed by atoms with E-state index in [4.69, 9.17) is 19.9 Å². The quantitative estimate of drug-likeness (QED) is 0.411. The van der Waals surface area contributed by atoms with Crippen LogP contribution in [0.15, 0.2) is 65.3 Å². The zero-order valence-corrected chi connectivity index (χ0v) is 17.7. The molecule has 0 saturated carbocycles. The largest absolute Gasteiger partial charge is 0.482 e. The number of nitro benzene ring substituents is 1. The van der Waals surface area contributed by atoms with Crippen molar-refractivity contribution in [3.05, 3.63) is 92.1 Å². The van der Waals surface area contributed by atoms with Crippen molar-refractivity contribution in [2.45, 2.75) is 26.4 Å². The molecule has 2 N–H and O–H groups in total. The number of nitro groups is 1. The number of hydrogen-bond donors (Lipinski definition) is 1. The average molecular weight is 435 g/mol. The first kappa shape index (κ1) is 22.4. The number of methoxy groups -OCH3 is 1. The molecule has 9 nitrogen and oxygen atoms in total. The molecule has 0 unspecified atom stereocenters. The Morgan fingerprint density at radius 2 is 1.94 bits per heavy atom. The van der Waals surface area contributed by atoms with Gasteiger partial charge in [-0.3, -0.25) is 10.1 Å². The SMILES string of the molecule is COC(=O)C1=C(C)OC(N)=C(C#N)[C@@H]1c1ccc(OCc2ccc(C)cc2)c([N+](=O)[O-])c1. The fourth-order valence-electron chi connectivity index (χ4n) is 3.41. The summed E-state index contributed by atoms with van der Waals surface area (Å²) in [4.78, 5) is 23.6. The number of carbonyl (C=O) groups excluding carboxylic acids is 1. The number of aryl methyl sites for hydroxylation is 1. The molecule has 0 bridgehead atoms. The Morgan fingerprint density at radius 1 is 1.25 bits per heavy atom. The number of benzene rings is 2. The van der Waals surface area contributed by atoms with Gasteiger partial charge in [-0.1, -0.05) is 35.9 Å². The van der Waals surface area contributed by atoms with Crippen LogP contribution in [0.5, 0.6) is 5.75 Å². The molecule has 164 valence electrons. The maximum atomic E-state index is 12.4. The summed E-state index contributed by atoms with van der Waals surface area (Å²) in [6.45, 7) is 3.61. The van der Waals surface area contributed by atoms with Gasteiger partial charge in [-0.2, -0.15) is 5.26 Å². The second-order valence-corrected chi connectivity index (χ2v) is 7.14. The Kier molecular flexibility index (Phi) is 6.45. The third kappa shape index (κ3) is 4.39. The number of nitrogens with two attached hydrogens (primary N) is 1. The van der Waals surface area contributed by atoms with Crippen LogP contribution in [0.2, 0.25) is 0 Å². The molecule has 1 aliphatic heterocycles. The van der Waals surface area contributed by atoms with Gasteiger partial charge in [0.25, 0.3) is 0 Å². The number of nitriles is 1. The van der Waals surface area contributed by atoms with Gasteiger partial charge in [0.1, 0.15) is 24.0 Å². The summed E-state index contributed by atoms with van der Waals surface area (Å²) < 4.78 is 15.8. The van der Waals surface area contributed by atoms with E-state index >= 15 is 0 Å². The van der Waals surface area contributed by atoms with Crippen molar-refractivity contribution in [2.24, 2.45) is 5.73 Å². The Labute approximate surface area is 184 Å². The molecule has 3 rings (SSSR count). The standard InChI is InChI=1S/C23H21N3O6/c1-13-4-6-15(7-5-13)12-31-19-9-8-16(10-18(19)26(28)29)21-17(11-24)22(25)32-14(2)20(21)23(27)30-3/h4-10,21H,12,25H2,1-3H3/t21-/m0/s1. The summed E-state index contributed by atoms with van der Waals surface area (Å²) in [5, 5.41) is 21.4. The summed E-state index contributed by atoms with van der Waals surface area (Å²) in [6, 6.07) is 13.8. The number of carbonyl (C=O) groups is 1. The molecule has 2 aromatic carbocycles. The Bertz CT molecular complexity index is 1180. The van der Waals surface area contributed by atoms with E-state index in [1.54, 1.807) is 6.07 Å². The summed E-state index contributed by atoms with van der Waals surface area (Å²) in [6.07, 6.45) is 0. The van der Waals surface area contributed by atoms with Crippen LogP contribution >= 0.6 is 0 Å². The lowest BCUT2D eigenvalue weighted by molar-refractivity contribution is -0.386. The zero-order chi connectivity index (χ0) is 23.4. The monoisotopic (exact) mass is 435 g/mol. The summed E-state index contributed by atoms with van der Waals surface area (Å²) in [5.74, 6) is -1.67. The predicted octanol–water partition coefficient (Wildman–Crippen LogP) is 3.74. The Morgan fingerprint density at radius 3 is 2.53 bits per heavy atom. The summed E-state index contributed by atoms with van der Waals surface area (Å²) >= 11 is 0.